The molecule has 136 valence electrons. The summed E-state index contributed by atoms with van der Waals surface area (Å²) in [7, 11) is 2.09. The number of likely N-dealkylation sites (tertiary alicyclic amines) is 1. The second kappa shape index (κ2) is 7.52. The number of aromatic hydroxyl groups is 1. The number of nitrogens with zero attached hydrogens (tertiary/aromatic N) is 2. The molecule has 0 amide bonds. The van der Waals surface area contributed by atoms with Gasteiger partial charge in [-0.2, -0.15) is 0 Å². The fourth-order valence-corrected chi connectivity index (χ4v) is 3.98. The van der Waals surface area contributed by atoms with E-state index in [0.29, 0.717) is 11.8 Å². The van der Waals surface area contributed by atoms with Crippen LogP contribution in [0.3, 0.4) is 0 Å². The number of benzene rings is 2. The molecule has 26 heavy (non-hydrogen) atoms. The lowest BCUT2D eigenvalue weighted by Crippen LogP contribution is -2.45. The average molecular weight is 349 g/mol. The molecule has 1 saturated heterocycles. The van der Waals surface area contributed by atoms with Crippen molar-refractivity contribution in [1.29, 1.82) is 0 Å². The number of phenols is 1. The number of aryl methyl sites for hydroxylation is 1. The average Bonchev–Trinajstić information content (AvgIpc) is 3.01. The summed E-state index contributed by atoms with van der Waals surface area (Å²) in [6.45, 7) is 4.01. The van der Waals surface area contributed by atoms with Crippen LogP contribution in [0.15, 0.2) is 54.7 Å². The summed E-state index contributed by atoms with van der Waals surface area (Å²) in [6.07, 6.45) is 4.56. The van der Waals surface area contributed by atoms with Gasteiger partial charge in [-0.15, -0.1) is 0 Å². The van der Waals surface area contributed by atoms with E-state index in [1.807, 2.05) is 12.1 Å². The number of nitrogens with one attached hydrogen (secondary N) is 1. The van der Waals surface area contributed by atoms with Gasteiger partial charge >= 0.3 is 0 Å². The highest BCUT2D eigenvalue weighted by Gasteiger charge is 2.19. The van der Waals surface area contributed by atoms with Gasteiger partial charge in [0, 0.05) is 44.4 Å². The van der Waals surface area contributed by atoms with Gasteiger partial charge in [-0.25, -0.2) is 0 Å². The zero-order valence-electron chi connectivity index (χ0n) is 15.4. The fourth-order valence-electron chi connectivity index (χ4n) is 3.98. The Balaban J connectivity index is 1.34. The van der Waals surface area contributed by atoms with E-state index in [2.05, 4.69) is 58.4 Å². The summed E-state index contributed by atoms with van der Waals surface area (Å²) in [5.74, 6) is 0.352. The predicted molar refractivity (Wildman–Crippen MR) is 106 cm³/mol. The standard InChI is InChI=1S/C22H27N3O/c1-24-11-9-19-12-17(7-8-22(19)24)14-23-20-5-3-10-25(16-20)15-18-4-2-6-21(26)13-18/h2,4,6-9,11-13,20,23,26H,3,5,10,14-16H2,1H3. The van der Waals surface area contributed by atoms with E-state index >= 15 is 0 Å². The van der Waals surface area contributed by atoms with Gasteiger partial charge in [0.1, 0.15) is 5.75 Å². The molecule has 1 aromatic heterocycles. The Labute approximate surface area is 155 Å². The second-order valence-corrected chi connectivity index (χ2v) is 7.44. The fraction of sp³-hybridized carbons (Fsp3) is 0.364. The molecule has 4 heteroatoms. The highest BCUT2D eigenvalue weighted by molar-refractivity contribution is 5.80. The molecule has 4 rings (SSSR count). The summed E-state index contributed by atoms with van der Waals surface area (Å²) in [5.41, 5.74) is 3.80. The number of rotatable bonds is 5. The van der Waals surface area contributed by atoms with Crippen molar-refractivity contribution >= 4 is 10.9 Å². The number of phenolic OH excluding ortho intramolecular Hbond substituents is 1. The molecule has 1 atom stereocenters. The third-order valence-electron chi connectivity index (χ3n) is 5.37. The topological polar surface area (TPSA) is 40.4 Å². The first-order valence-electron chi connectivity index (χ1n) is 9.45. The molecule has 0 saturated carbocycles. The Morgan fingerprint density at radius 1 is 1.12 bits per heavy atom. The van der Waals surface area contributed by atoms with Crippen LogP contribution in [-0.4, -0.2) is 33.7 Å². The molecular weight excluding hydrogens is 322 g/mol. The number of hydrogen-bond donors (Lipinski definition) is 2. The van der Waals surface area contributed by atoms with Crippen LogP contribution in [0.2, 0.25) is 0 Å². The van der Waals surface area contributed by atoms with E-state index < -0.39 is 0 Å². The van der Waals surface area contributed by atoms with Crippen molar-refractivity contribution < 1.29 is 5.11 Å². The lowest BCUT2D eigenvalue weighted by molar-refractivity contribution is 0.182. The zero-order valence-corrected chi connectivity index (χ0v) is 15.4. The minimum Gasteiger partial charge on any atom is -0.508 e. The maximum atomic E-state index is 9.65. The van der Waals surface area contributed by atoms with Gasteiger partial charge in [0.25, 0.3) is 0 Å². The van der Waals surface area contributed by atoms with Crippen LogP contribution in [0.25, 0.3) is 10.9 Å². The van der Waals surface area contributed by atoms with Crippen molar-refractivity contribution in [3.05, 3.63) is 65.9 Å². The minimum absolute atomic E-state index is 0.352. The van der Waals surface area contributed by atoms with Crippen LogP contribution in [0, 0.1) is 0 Å². The molecule has 0 aliphatic carbocycles. The molecule has 1 fully saturated rings. The molecule has 0 spiro atoms. The summed E-state index contributed by atoms with van der Waals surface area (Å²) < 4.78 is 2.16. The minimum atomic E-state index is 0.352. The molecule has 0 radical (unpaired) electrons. The number of fused-ring (bicyclic) bond motifs is 1. The quantitative estimate of drug-likeness (QED) is 0.739. The monoisotopic (exact) mass is 349 g/mol. The summed E-state index contributed by atoms with van der Waals surface area (Å²) in [4.78, 5) is 2.48. The van der Waals surface area contributed by atoms with Gasteiger partial charge in [0.2, 0.25) is 0 Å². The summed E-state index contributed by atoms with van der Waals surface area (Å²) in [6, 6.07) is 17.0. The SMILES string of the molecule is Cn1ccc2cc(CNC3CCCN(Cc4cccc(O)c4)C3)ccc21. The molecule has 3 aromatic rings. The van der Waals surface area contributed by atoms with Gasteiger partial charge in [0.05, 0.1) is 0 Å². The number of aromatic nitrogens is 1. The lowest BCUT2D eigenvalue weighted by Gasteiger charge is -2.33. The van der Waals surface area contributed by atoms with E-state index in [4.69, 9.17) is 0 Å². The Hall–Kier alpha value is -2.30. The van der Waals surface area contributed by atoms with Gasteiger partial charge in [-0.1, -0.05) is 18.2 Å². The maximum absolute atomic E-state index is 9.65. The highest BCUT2D eigenvalue weighted by Crippen LogP contribution is 2.19. The van der Waals surface area contributed by atoms with E-state index in [9.17, 15) is 5.11 Å². The molecular formula is C22H27N3O. The number of piperidine rings is 1. The van der Waals surface area contributed by atoms with Crippen LogP contribution in [-0.2, 0) is 20.1 Å². The van der Waals surface area contributed by atoms with E-state index in [1.165, 1.54) is 34.9 Å². The van der Waals surface area contributed by atoms with Crippen molar-refractivity contribution in [1.82, 2.24) is 14.8 Å². The van der Waals surface area contributed by atoms with Crippen molar-refractivity contribution in [3.63, 3.8) is 0 Å². The maximum Gasteiger partial charge on any atom is 0.115 e. The number of hydrogen-bond acceptors (Lipinski definition) is 3. The molecule has 4 nitrogen and oxygen atoms in total. The molecule has 0 bridgehead atoms. The van der Waals surface area contributed by atoms with Crippen LogP contribution >= 0.6 is 0 Å². The van der Waals surface area contributed by atoms with Gasteiger partial charge in [-0.05, 0) is 66.2 Å². The van der Waals surface area contributed by atoms with E-state index in [1.54, 1.807) is 6.07 Å². The first-order valence-corrected chi connectivity index (χ1v) is 9.45. The van der Waals surface area contributed by atoms with Crippen LogP contribution < -0.4 is 5.32 Å². The van der Waals surface area contributed by atoms with Crippen molar-refractivity contribution in [2.45, 2.75) is 32.0 Å². The zero-order chi connectivity index (χ0) is 17.9. The lowest BCUT2D eigenvalue weighted by atomic mass is 10.0. The molecule has 2 N–H and O–H groups in total. The van der Waals surface area contributed by atoms with Crippen LogP contribution in [0.4, 0.5) is 0 Å². The van der Waals surface area contributed by atoms with Crippen molar-refractivity contribution in [2.24, 2.45) is 7.05 Å². The first-order chi connectivity index (χ1) is 12.7. The first kappa shape index (κ1) is 17.1. The van der Waals surface area contributed by atoms with Crippen molar-refractivity contribution in [3.8, 4) is 5.75 Å². The van der Waals surface area contributed by atoms with Gasteiger partial charge < -0.3 is 15.0 Å². The van der Waals surface area contributed by atoms with Gasteiger partial charge in [-0.3, -0.25) is 4.90 Å². The van der Waals surface area contributed by atoms with E-state index in [0.717, 1.165) is 26.2 Å². The smallest absolute Gasteiger partial charge is 0.115 e. The van der Waals surface area contributed by atoms with E-state index in [-0.39, 0.29) is 0 Å². The Morgan fingerprint density at radius 2 is 2.04 bits per heavy atom. The third-order valence-corrected chi connectivity index (χ3v) is 5.37. The third kappa shape index (κ3) is 3.92. The van der Waals surface area contributed by atoms with Crippen molar-refractivity contribution in [2.75, 3.05) is 13.1 Å². The highest BCUT2D eigenvalue weighted by atomic mass is 16.3. The Morgan fingerprint density at radius 3 is 2.92 bits per heavy atom. The Kier molecular flexibility index (Phi) is 4.96. The van der Waals surface area contributed by atoms with Gasteiger partial charge in [0.15, 0.2) is 0 Å². The summed E-state index contributed by atoms with van der Waals surface area (Å²) in [5, 5.41) is 14.7. The van der Waals surface area contributed by atoms with Crippen LogP contribution in [0.1, 0.15) is 24.0 Å². The molecule has 2 aromatic carbocycles. The molecule has 1 aliphatic rings. The largest absolute Gasteiger partial charge is 0.508 e. The second-order valence-electron chi connectivity index (χ2n) is 7.44. The molecule has 2 heterocycles. The normalized spacial score (nSPS) is 18.4. The predicted octanol–water partition coefficient (Wildman–Crippen LogP) is 3.64. The van der Waals surface area contributed by atoms with Crippen LogP contribution in [0.5, 0.6) is 5.75 Å². The summed E-state index contributed by atoms with van der Waals surface area (Å²) >= 11 is 0. The molecule has 1 unspecified atom stereocenters. The Bertz CT molecular complexity index is 886. The molecule has 1 aliphatic heterocycles.